The second-order valence-corrected chi connectivity index (χ2v) is 7.47. The van der Waals surface area contributed by atoms with Gasteiger partial charge in [-0.1, -0.05) is 42.1 Å². The molecule has 3 nitrogen and oxygen atoms in total. The highest BCUT2D eigenvalue weighted by Crippen LogP contribution is 2.36. The largest absolute Gasteiger partial charge is 0.320 e. The lowest BCUT2D eigenvalue weighted by atomic mass is 10.1. The molecule has 0 fully saturated rings. The Kier molecular flexibility index (Phi) is 4.67. The number of rotatable bonds is 5. The van der Waals surface area contributed by atoms with Gasteiger partial charge >= 0.3 is 0 Å². The molecular weight excluding hydrogens is 318 g/mol. The molecule has 2 aromatic heterocycles. The lowest BCUT2D eigenvalue weighted by Crippen LogP contribution is -1.94. The van der Waals surface area contributed by atoms with E-state index in [1.165, 1.54) is 0 Å². The van der Waals surface area contributed by atoms with Gasteiger partial charge in [0.15, 0.2) is 5.16 Å². The lowest BCUT2D eigenvalue weighted by Gasteiger charge is -2.04. The Morgan fingerprint density at radius 2 is 2.05 bits per heavy atom. The molecule has 1 aromatic carbocycles. The molecule has 0 spiro atoms. The normalized spacial score (nSPS) is 11.0. The fraction of sp³-hybridized carbons (Fsp3) is 0.200. The molecule has 108 valence electrons. The average molecular weight is 334 g/mol. The van der Waals surface area contributed by atoms with Crippen molar-refractivity contribution in [2.75, 3.05) is 11.3 Å². The van der Waals surface area contributed by atoms with E-state index in [1.54, 1.807) is 23.1 Å². The van der Waals surface area contributed by atoms with E-state index in [1.807, 2.05) is 41.5 Å². The van der Waals surface area contributed by atoms with Crippen molar-refractivity contribution < 1.29 is 0 Å². The van der Waals surface area contributed by atoms with E-state index in [0.717, 1.165) is 32.2 Å². The van der Waals surface area contributed by atoms with Crippen LogP contribution in [0.2, 0.25) is 0 Å². The van der Waals surface area contributed by atoms with Crippen LogP contribution in [0, 0.1) is 0 Å². The van der Waals surface area contributed by atoms with Crippen molar-refractivity contribution in [2.45, 2.75) is 5.16 Å². The first kappa shape index (κ1) is 14.7. The molecule has 0 N–H and O–H groups in total. The first-order chi connectivity index (χ1) is 10.3. The summed E-state index contributed by atoms with van der Waals surface area (Å²) in [5.74, 6) is 0. The van der Waals surface area contributed by atoms with Gasteiger partial charge < -0.3 is 4.57 Å². The fourth-order valence-corrected chi connectivity index (χ4v) is 4.15. The van der Waals surface area contributed by atoms with Crippen LogP contribution in [0.5, 0.6) is 0 Å². The van der Waals surface area contributed by atoms with Gasteiger partial charge in [-0.25, -0.2) is 9.97 Å². The van der Waals surface area contributed by atoms with Gasteiger partial charge in [-0.3, -0.25) is 0 Å². The predicted molar refractivity (Wildman–Crippen MR) is 94.0 cm³/mol. The first-order valence-electron chi connectivity index (χ1n) is 6.45. The van der Waals surface area contributed by atoms with E-state index < -0.39 is 0 Å². The van der Waals surface area contributed by atoms with E-state index in [2.05, 4.69) is 35.0 Å². The van der Waals surface area contributed by atoms with Crippen molar-refractivity contribution >= 4 is 34.9 Å². The minimum absolute atomic E-state index is 0.996. The summed E-state index contributed by atoms with van der Waals surface area (Å²) in [5, 5.41) is 5.05. The van der Waals surface area contributed by atoms with Gasteiger partial charge in [0.05, 0.1) is 0 Å². The monoisotopic (exact) mass is 333 g/mol. The molecule has 0 bridgehead atoms. The van der Waals surface area contributed by atoms with Gasteiger partial charge in [-0.2, -0.15) is 11.8 Å². The van der Waals surface area contributed by atoms with Crippen LogP contribution >= 0.6 is 34.9 Å². The molecule has 0 saturated carbocycles. The Bertz CT molecular complexity index is 705. The molecular formula is C15H15N3S3. The van der Waals surface area contributed by atoms with Crippen molar-refractivity contribution in [2.24, 2.45) is 7.05 Å². The number of aromatic nitrogens is 3. The highest BCUT2D eigenvalue weighted by molar-refractivity contribution is 8.15. The lowest BCUT2D eigenvalue weighted by molar-refractivity contribution is 0.797. The molecule has 0 aliphatic rings. The van der Waals surface area contributed by atoms with Gasteiger partial charge in [0.25, 0.3) is 0 Å². The first-order valence-corrected chi connectivity index (χ1v) is 9.71. The second-order valence-electron chi connectivity index (χ2n) is 4.40. The van der Waals surface area contributed by atoms with Gasteiger partial charge in [0.2, 0.25) is 0 Å². The summed E-state index contributed by atoms with van der Waals surface area (Å²) in [6, 6.07) is 10.3. The maximum atomic E-state index is 4.85. The van der Waals surface area contributed by atoms with Crippen molar-refractivity contribution in [1.29, 1.82) is 0 Å². The van der Waals surface area contributed by atoms with Gasteiger partial charge in [-0.15, -0.1) is 11.3 Å². The standard InChI is InChI=1S/C15H15N3S3/c1-18-13(14-16-8-9-20-14)12(11-6-4-3-5-7-11)17-15(18)21-10-19-2/h3-9H,10H2,1-2H3. The van der Waals surface area contributed by atoms with Crippen LogP contribution in [-0.4, -0.2) is 25.9 Å². The van der Waals surface area contributed by atoms with Gasteiger partial charge in [0, 0.05) is 29.3 Å². The Hall–Kier alpha value is -1.24. The summed E-state index contributed by atoms with van der Waals surface area (Å²) < 4.78 is 2.15. The Balaban J connectivity index is 2.13. The molecule has 21 heavy (non-hydrogen) atoms. The van der Waals surface area contributed by atoms with E-state index in [-0.39, 0.29) is 0 Å². The van der Waals surface area contributed by atoms with E-state index >= 15 is 0 Å². The number of benzene rings is 1. The molecule has 0 unspecified atom stereocenters. The van der Waals surface area contributed by atoms with Crippen molar-refractivity contribution in [3.8, 4) is 22.0 Å². The number of imidazole rings is 1. The highest BCUT2D eigenvalue weighted by atomic mass is 32.2. The Morgan fingerprint density at radius 1 is 1.24 bits per heavy atom. The Morgan fingerprint density at radius 3 is 2.71 bits per heavy atom. The smallest absolute Gasteiger partial charge is 0.169 e. The molecule has 0 saturated heterocycles. The van der Waals surface area contributed by atoms with E-state index in [0.29, 0.717) is 0 Å². The summed E-state index contributed by atoms with van der Waals surface area (Å²) in [6.45, 7) is 0. The fourth-order valence-electron chi connectivity index (χ4n) is 2.10. The number of thioether (sulfide) groups is 2. The van der Waals surface area contributed by atoms with Crippen molar-refractivity contribution in [3.05, 3.63) is 41.9 Å². The summed E-state index contributed by atoms with van der Waals surface area (Å²) in [5.41, 5.74) is 3.24. The Labute approximate surface area is 136 Å². The zero-order chi connectivity index (χ0) is 14.7. The topological polar surface area (TPSA) is 30.7 Å². The van der Waals surface area contributed by atoms with E-state index in [9.17, 15) is 0 Å². The molecule has 0 aliphatic carbocycles. The molecule has 0 radical (unpaired) electrons. The minimum atomic E-state index is 0.996. The van der Waals surface area contributed by atoms with Crippen LogP contribution in [0.25, 0.3) is 22.0 Å². The SMILES string of the molecule is CSCSc1nc(-c2ccccc2)c(-c2nccs2)n1C. The average Bonchev–Trinajstić information content (AvgIpc) is 3.14. The summed E-state index contributed by atoms with van der Waals surface area (Å²) in [4.78, 5) is 9.32. The third-order valence-electron chi connectivity index (χ3n) is 3.04. The van der Waals surface area contributed by atoms with Gasteiger partial charge in [-0.05, 0) is 6.26 Å². The maximum absolute atomic E-state index is 4.85. The van der Waals surface area contributed by atoms with Crippen LogP contribution in [0.3, 0.4) is 0 Å². The number of thiazole rings is 1. The minimum Gasteiger partial charge on any atom is -0.320 e. The predicted octanol–water partition coefficient (Wildman–Crippen LogP) is 4.62. The van der Waals surface area contributed by atoms with Gasteiger partial charge in [0.1, 0.15) is 16.4 Å². The molecule has 3 rings (SSSR count). The van der Waals surface area contributed by atoms with Crippen LogP contribution in [-0.2, 0) is 7.05 Å². The number of hydrogen-bond acceptors (Lipinski definition) is 5. The van der Waals surface area contributed by atoms with Crippen molar-refractivity contribution in [3.63, 3.8) is 0 Å². The number of nitrogens with zero attached hydrogens (tertiary/aromatic N) is 3. The molecule has 6 heteroatoms. The highest BCUT2D eigenvalue weighted by Gasteiger charge is 2.19. The third kappa shape index (κ3) is 3.02. The molecule has 0 amide bonds. The zero-order valence-electron chi connectivity index (χ0n) is 11.8. The summed E-state index contributed by atoms with van der Waals surface area (Å²) in [7, 11) is 2.07. The van der Waals surface area contributed by atoms with Crippen LogP contribution < -0.4 is 0 Å². The molecule has 0 aliphatic heterocycles. The second kappa shape index (κ2) is 6.68. The van der Waals surface area contributed by atoms with Crippen LogP contribution in [0.1, 0.15) is 0 Å². The molecule has 0 atom stereocenters. The van der Waals surface area contributed by atoms with E-state index in [4.69, 9.17) is 4.98 Å². The summed E-state index contributed by atoms with van der Waals surface area (Å²) in [6.07, 6.45) is 3.95. The summed E-state index contributed by atoms with van der Waals surface area (Å²) >= 11 is 5.23. The van der Waals surface area contributed by atoms with Crippen LogP contribution in [0.4, 0.5) is 0 Å². The van der Waals surface area contributed by atoms with Crippen LogP contribution in [0.15, 0.2) is 47.1 Å². The number of hydrogen-bond donors (Lipinski definition) is 0. The molecule has 3 aromatic rings. The molecule has 2 heterocycles. The quantitative estimate of drug-likeness (QED) is 0.503. The van der Waals surface area contributed by atoms with Crippen molar-refractivity contribution in [1.82, 2.24) is 14.5 Å². The maximum Gasteiger partial charge on any atom is 0.169 e. The zero-order valence-corrected chi connectivity index (χ0v) is 14.3. The third-order valence-corrected chi connectivity index (χ3v) is 5.86.